The van der Waals surface area contributed by atoms with Gasteiger partial charge in [0.2, 0.25) is 0 Å². The molecule has 100 valence electrons. The lowest BCUT2D eigenvalue weighted by molar-refractivity contribution is 0.793. The van der Waals surface area contributed by atoms with E-state index in [4.69, 9.17) is 0 Å². The smallest absolute Gasteiger partial charge is 0.191 e. The van der Waals surface area contributed by atoms with E-state index in [1.165, 1.54) is 11.1 Å². The minimum Gasteiger partial charge on any atom is -0.357 e. The predicted molar refractivity (Wildman–Crippen MR) is 79.2 cm³/mol. The minimum atomic E-state index is 0.875. The Morgan fingerprint density at radius 1 is 1.22 bits per heavy atom. The van der Waals surface area contributed by atoms with E-state index in [0.29, 0.717) is 0 Å². The van der Waals surface area contributed by atoms with Crippen molar-refractivity contribution in [3.8, 4) is 0 Å². The molecule has 0 aliphatic heterocycles. The first-order valence-electron chi connectivity index (χ1n) is 6.84. The van der Waals surface area contributed by atoms with E-state index < -0.39 is 0 Å². The fourth-order valence-electron chi connectivity index (χ4n) is 1.76. The highest BCUT2D eigenvalue weighted by Gasteiger charge is 1.97. The Labute approximate surface area is 111 Å². The van der Waals surface area contributed by atoms with Crippen molar-refractivity contribution >= 4 is 5.96 Å². The Kier molecular flexibility index (Phi) is 6.92. The van der Waals surface area contributed by atoms with Crippen LogP contribution >= 0.6 is 0 Å². The average molecular weight is 247 g/mol. The third-order valence-electron chi connectivity index (χ3n) is 2.63. The van der Waals surface area contributed by atoms with Gasteiger partial charge >= 0.3 is 0 Å². The summed E-state index contributed by atoms with van der Waals surface area (Å²) in [5.74, 6) is 0.923. The van der Waals surface area contributed by atoms with Gasteiger partial charge in [-0.25, -0.2) is 0 Å². The third-order valence-corrected chi connectivity index (χ3v) is 2.63. The largest absolute Gasteiger partial charge is 0.357 e. The Hall–Kier alpha value is -1.51. The number of hydrogen-bond acceptors (Lipinski definition) is 1. The fourth-order valence-corrected chi connectivity index (χ4v) is 1.76. The molecule has 0 spiro atoms. The van der Waals surface area contributed by atoms with Gasteiger partial charge < -0.3 is 10.6 Å². The SMILES string of the molecule is CCCN=C(NCC)NCCc1cccc(C)c1. The number of aliphatic imine (C=N–C) groups is 1. The van der Waals surface area contributed by atoms with Gasteiger partial charge in [0.25, 0.3) is 0 Å². The van der Waals surface area contributed by atoms with Crippen LogP contribution in [0.4, 0.5) is 0 Å². The maximum absolute atomic E-state index is 4.48. The summed E-state index contributed by atoms with van der Waals surface area (Å²) in [6, 6.07) is 8.65. The average Bonchev–Trinajstić information content (AvgIpc) is 2.36. The number of guanidine groups is 1. The highest BCUT2D eigenvalue weighted by molar-refractivity contribution is 5.79. The monoisotopic (exact) mass is 247 g/mol. The zero-order chi connectivity index (χ0) is 13.2. The van der Waals surface area contributed by atoms with Gasteiger partial charge in [-0.3, -0.25) is 4.99 Å². The molecular formula is C15H25N3. The summed E-state index contributed by atoms with van der Waals surface area (Å²) >= 11 is 0. The molecule has 0 unspecified atom stereocenters. The fraction of sp³-hybridized carbons (Fsp3) is 0.533. The van der Waals surface area contributed by atoms with Gasteiger partial charge in [0.05, 0.1) is 0 Å². The number of benzene rings is 1. The van der Waals surface area contributed by atoms with Crippen LogP contribution in [0.15, 0.2) is 29.3 Å². The molecule has 0 aliphatic rings. The first-order valence-corrected chi connectivity index (χ1v) is 6.84. The van der Waals surface area contributed by atoms with Crippen LogP contribution in [0, 0.1) is 6.92 Å². The van der Waals surface area contributed by atoms with E-state index in [2.05, 4.69) is 60.7 Å². The maximum Gasteiger partial charge on any atom is 0.191 e. The van der Waals surface area contributed by atoms with Crippen molar-refractivity contribution in [3.05, 3.63) is 35.4 Å². The molecule has 1 aromatic carbocycles. The number of nitrogens with one attached hydrogen (secondary N) is 2. The van der Waals surface area contributed by atoms with Crippen LogP contribution in [0.5, 0.6) is 0 Å². The number of hydrogen-bond donors (Lipinski definition) is 2. The number of nitrogens with zero attached hydrogens (tertiary/aromatic N) is 1. The second-order valence-corrected chi connectivity index (χ2v) is 4.43. The molecule has 0 heterocycles. The van der Waals surface area contributed by atoms with Gasteiger partial charge in [-0.05, 0) is 32.3 Å². The highest BCUT2D eigenvalue weighted by Crippen LogP contribution is 2.03. The Morgan fingerprint density at radius 3 is 2.72 bits per heavy atom. The second kappa shape index (κ2) is 8.56. The molecular weight excluding hydrogens is 222 g/mol. The standard InChI is InChI=1S/C15H25N3/c1-4-10-17-15(16-5-2)18-11-9-14-8-6-7-13(3)12-14/h6-8,12H,4-5,9-11H2,1-3H3,(H2,16,17,18). The van der Waals surface area contributed by atoms with Crippen LogP contribution in [0.2, 0.25) is 0 Å². The molecule has 0 amide bonds. The van der Waals surface area contributed by atoms with Gasteiger partial charge in [-0.15, -0.1) is 0 Å². The van der Waals surface area contributed by atoms with Crippen molar-refractivity contribution in [2.45, 2.75) is 33.6 Å². The molecule has 0 fully saturated rings. The van der Waals surface area contributed by atoms with Crippen LogP contribution in [-0.4, -0.2) is 25.6 Å². The maximum atomic E-state index is 4.48. The molecule has 0 aliphatic carbocycles. The quantitative estimate of drug-likeness (QED) is 0.598. The van der Waals surface area contributed by atoms with Crippen molar-refractivity contribution in [3.63, 3.8) is 0 Å². The van der Waals surface area contributed by atoms with Crippen LogP contribution in [-0.2, 0) is 6.42 Å². The summed E-state index contributed by atoms with van der Waals surface area (Å²) in [6.07, 6.45) is 2.10. The molecule has 1 rings (SSSR count). The summed E-state index contributed by atoms with van der Waals surface area (Å²) in [5, 5.41) is 6.62. The van der Waals surface area contributed by atoms with Gasteiger partial charge in [-0.2, -0.15) is 0 Å². The van der Waals surface area contributed by atoms with E-state index in [1.54, 1.807) is 0 Å². The summed E-state index contributed by atoms with van der Waals surface area (Å²) in [5.41, 5.74) is 2.69. The number of rotatable bonds is 6. The lowest BCUT2D eigenvalue weighted by atomic mass is 10.1. The minimum absolute atomic E-state index is 0.875. The summed E-state index contributed by atoms with van der Waals surface area (Å²) in [4.78, 5) is 4.48. The van der Waals surface area contributed by atoms with E-state index in [-0.39, 0.29) is 0 Å². The van der Waals surface area contributed by atoms with Crippen LogP contribution < -0.4 is 10.6 Å². The molecule has 0 atom stereocenters. The summed E-state index contributed by atoms with van der Waals surface area (Å²) in [6.45, 7) is 9.05. The van der Waals surface area contributed by atoms with Gasteiger partial charge in [0, 0.05) is 19.6 Å². The lowest BCUT2D eigenvalue weighted by Gasteiger charge is -2.11. The van der Waals surface area contributed by atoms with E-state index in [0.717, 1.165) is 38.4 Å². The Morgan fingerprint density at radius 2 is 2.06 bits per heavy atom. The topological polar surface area (TPSA) is 36.4 Å². The van der Waals surface area contributed by atoms with Crippen LogP contribution in [0.1, 0.15) is 31.4 Å². The molecule has 0 saturated heterocycles. The Bertz CT molecular complexity index is 372. The van der Waals surface area contributed by atoms with Crippen LogP contribution in [0.3, 0.4) is 0 Å². The molecule has 0 saturated carbocycles. The highest BCUT2D eigenvalue weighted by atomic mass is 15.2. The first-order chi connectivity index (χ1) is 8.76. The van der Waals surface area contributed by atoms with E-state index in [1.807, 2.05) is 0 Å². The summed E-state index contributed by atoms with van der Waals surface area (Å²) in [7, 11) is 0. The van der Waals surface area contributed by atoms with Crippen molar-refractivity contribution in [2.24, 2.45) is 4.99 Å². The van der Waals surface area contributed by atoms with Crippen molar-refractivity contribution in [1.82, 2.24) is 10.6 Å². The Balaban J connectivity index is 2.38. The summed E-state index contributed by atoms with van der Waals surface area (Å²) < 4.78 is 0. The van der Waals surface area contributed by atoms with Gasteiger partial charge in [-0.1, -0.05) is 36.8 Å². The molecule has 0 bridgehead atoms. The lowest BCUT2D eigenvalue weighted by Crippen LogP contribution is -2.38. The van der Waals surface area contributed by atoms with E-state index >= 15 is 0 Å². The molecule has 2 N–H and O–H groups in total. The molecule has 1 aromatic rings. The van der Waals surface area contributed by atoms with E-state index in [9.17, 15) is 0 Å². The first kappa shape index (κ1) is 14.6. The van der Waals surface area contributed by atoms with Crippen molar-refractivity contribution in [1.29, 1.82) is 0 Å². The van der Waals surface area contributed by atoms with Crippen LogP contribution in [0.25, 0.3) is 0 Å². The number of aryl methyl sites for hydroxylation is 1. The molecule has 0 radical (unpaired) electrons. The van der Waals surface area contributed by atoms with Gasteiger partial charge in [0.1, 0.15) is 0 Å². The predicted octanol–water partition coefficient (Wildman–Crippen LogP) is 2.50. The zero-order valence-corrected chi connectivity index (χ0v) is 11.8. The second-order valence-electron chi connectivity index (χ2n) is 4.43. The molecule has 0 aromatic heterocycles. The van der Waals surface area contributed by atoms with Crippen molar-refractivity contribution in [2.75, 3.05) is 19.6 Å². The molecule has 18 heavy (non-hydrogen) atoms. The normalized spacial score (nSPS) is 11.4. The van der Waals surface area contributed by atoms with Gasteiger partial charge in [0.15, 0.2) is 5.96 Å². The third kappa shape index (κ3) is 5.71. The molecule has 3 nitrogen and oxygen atoms in total. The zero-order valence-electron chi connectivity index (χ0n) is 11.8. The molecule has 3 heteroatoms. The van der Waals surface area contributed by atoms with Crippen molar-refractivity contribution < 1.29 is 0 Å².